The summed E-state index contributed by atoms with van der Waals surface area (Å²) in [6.45, 7) is 4.88. The Morgan fingerprint density at radius 3 is 2.22 bits per heavy atom. The van der Waals surface area contributed by atoms with Crippen molar-refractivity contribution < 1.29 is 26.6 Å². The van der Waals surface area contributed by atoms with Crippen LogP contribution in [-0.2, 0) is 22.8 Å². The van der Waals surface area contributed by atoms with Crippen LogP contribution in [0.5, 0.6) is 0 Å². The summed E-state index contributed by atoms with van der Waals surface area (Å²) in [7, 11) is -6.58. The molecule has 0 bridgehead atoms. The van der Waals surface area contributed by atoms with Gasteiger partial charge in [0.05, 0.1) is 19.4 Å². The Balaban J connectivity index is 3.77. The molecule has 0 aromatic heterocycles. The van der Waals surface area contributed by atoms with Crippen LogP contribution in [0.25, 0.3) is 0 Å². The van der Waals surface area contributed by atoms with Crippen molar-refractivity contribution in [1.29, 1.82) is 0 Å². The third kappa shape index (κ3) is 10.3. The Morgan fingerprint density at radius 1 is 1.22 bits per heavy atom. The van der Waals surface area contributed by atoms with Crippen LogP contribution < -0.4 is 5.32 Å². The Kier molecular flexibility index (Phi) is 9.49. The van der Waals surface area contributed by atoms with Gasteiger partial charge in [0.25, 0.3) is 0 Å². The van der Waals surface area contributed by atoms with E-state index in [1.807, 2.05) is 0 Å². The average Bonchev–Trinajstić information content (AvgIpc) is 2.22. The van der Waals surface area contributed by atoms with Crippen LogP contribution in [0.1, 0.15) is 13.8 Å². The van der Waals surface area contributed by atoms with Gasteiger partial charge in [0.1, 0.15) is 0 Å². The lowest BCUT2D eigenvalue weighted by Gasteiger charge is -2.16. The first kappa shape index (κ1) is 18.4. The standard InChI is InChI=1S/C8H20NO6PS2/c1-3-14-16(10,15-4-2)7-5-9-6-8-17-18(11,12)13/h9H,3-8H2,1-2H3,(H,11,12,13). The smallest absolute Gasteiger partial charge is 0.315 e. The summed E-state index contributed by atoms with van der Waals surface area (Å²) in [5.74, 6) is 0.215. The highest BCUT2D eigenvalue weighted by Gasteiger charge is 2.22. The van der Waals surface area contributed by atoms with Crippen molar-refractivity contribution in [1.82, 2.24) is 5.32 Å². The molecule has 0 radical (unpaired) electrons. The van der Waals surface area contributed by atoms with Crippen LogP contribution >= 0.6 is 18.4 Å². The first-order valence-electron chi connectivity index (χ1n) is 5.53. The lowest BCUT2D eigenvalue weighted by atomic mass is 10.7. The van der Waals surface area contributed by atoms with Gasteiger partial charge in [0.2, 0.25) is 0 Å². The quantitative estimate of drug-likeness (QED) is 0.255. The van der Waals surface area contributed by atoms with Gasteiger partial charge in [-0.1, -0.05) is 0 Å². The van der Waals surface area contributed by atoms with E-state index in [4.69, 9.17) is 13.6 Å². The number of hydrogen-bond donors (Lipinski definition) is 2. The second kappa shape index (κ2) is 9.30. The fourth-order valence-corrected chi connectivity index (χ4v) is 3.99. The summed E-state index contributed by atoms with van der Waals surface area (Å²) in [6, 6.07) is 0. The fraction of sp³-hybridized carbons (Fsp3) is 1.00. The molecule has 0 aliphatic carbocycles. The fourth-order valence-electron chi connectivity index (χ4n) is 1.12. The summed E-state index contributed by atoms with van der Waals surface area (Å²) in [5, 5.41) is 2.90. The van der Waals surface area contributed by atoms with E-state index in [0.717, 1.165) is 0 Å². The van der Waals surface area contributed by atoms with Gasteiger partial charge in [0, 0.05) is 18.8 Å². The van der Waals surface area contributed by atoms with Gasteiger partial charge in [-0.25, -0.2) is 0 Å². The minimum atomic E-state index is -3.98. The largest absolute Gasteiger partial charge is 0.331 e. The monoisotopic (exact) mass is 321 g/mol. The van der Waals surface area contributed by atoms with Gasteiger partial charge in [-0.2, -0.15) is 8.42 Å². The molecule has 18 heavy (non-hydrogen) atoms. The molecular formula is C8H20NO6PS2. The van der Waals surface area contributed by atoms with Crippen LogP contribution in [0.2, 0.25) is 0 Å². The molecule has 0 amide bonds. The van der Waals surface area contributed by atoms with E-state index in [1.54, 1.807) is 13.8 Å². The topological polar surface area (TPSA) is 102 Å². The molecule has 0 saturated heterocycles. The maximum Gasteiger partial charge on any atom is 0.331 e. The predicted octanol–water partition coefficient (Wildman–Crippen LogP) is 1.38. The molecule has 0 aliphatic rings. The highest BCUT2D eigenvalue weighted by molar-refractivity contribution is 8.69. The van der Waals surface area contributed by atoms with Gasteiger partial charge < -0.3 is 14.4 Å². The molecule has 0 atom stereocenters. The van der Waals surface area contributed by atoms with Gasteiger partial charge in [-0.3, -0.25) is 9.12 Å². The molecule has 0 spiro atoms. The van der Waals surface area contributed by atoms with E-state index in [9.17, 15) is 13.0 Å². The van der Waals surface area contributed by atoms with Crippen LogP contribution in [0, 0.1) is 0 Å². The van der Waals surface area contributed by atoms with Crippen molar-refractivity contribution in [3.8, 4) is 0 Å². The molecule has 0 aliphatic heterocycles. The summed E-state index contributed by atoms with van der Waals surface area (Å²) >= 11 is 0. The summed E-state index contributed by atoms with van der Waals surface area (Å²) in [5.41, 5.74) is 0. The molecule has 110 valence electrons. The maximum atomic E-state index is 12.0. The summed E-state index contributed by atoms with van der Waals surface area (Å²) in [4.78, 5) is 0. The second-order valence-corrected chi connectivity index (χ2v) is 8.83. The van der Waals surface area contributed by atoms with Gasteiger partial charge in [-0.15, -0.1) is 0 Å². The zero-order chi connectivity index (χ0) is 14.1. The SMILES string of the molecule is CCOP(=O)(CCNCCSS(=O)(=O)O)OCC. The van der Waals surface area contributed by atoms with Crippen LogP contribution in [-0.4, -0.2) is 51.2 Å². The van der Waals surface area contributed by atoms with E-state index >= 15 is 0 Å². The van der Waals surface area contributed by atoms with E-state index < -0.39 is 16.7 Å². The number of hydrogen-bond acceptors (Lipinski definition) is 7. The van der Waals surface area contributed by atoms with Crippen LogP contribution in [0.15, 0.2) is 0 Å². The first-order chi connectivity index (χ1) is 8.33. The molecule has 0 fully saturated rings. The molecular weight excluding hydrogens is 301 g/mol. The van der Waals surface area contributed by atoms with Crippen molar-refractivity contribution in [2.75, 3.05) is 38.2 Å². The molecule has 2 N–H and O–H groups in total. The highest BCUT2D eigenvalue weighted by atomic mass is 33.1. The number of nitrogens with one attached hydrogen (secondary N) is 1. The Hall–Kier alpha value is 0.370. The zero-order valence-electron chi connectivity index (χ0n) is 10.5. The van der Waals surface area contributed by atoms with E-state index in [0.29, 0.717) is 37.1 Å². The molecule has 0 aromatic rings. The third-order valence-electron chi connectivity index (χ3n) is 1.73. The van der Waals surface area contributed by atoms with Crippen molar-refractivity contribution >= 4 is 27.5 Å². The van der Waals surface area contributed by atoms with Crippen molar-refractivity contribution in [2.45, 2.75) is 13.8 Å². The molecule has 0 heterocycles. The minimum Gasteiger partial charge on any atom is -0.315 e. The Labute approximate surface area is 112 Å². The summed E-state index contributed by atoms with van der Waals surface area (Å²) in [6.07, 6.45) is 0.227. The number of rotatable bonds is 11. The predicted molar refractivity (Wildman–Crippen MR) is 72.6 cm³/mol. The normalized spacial score (nSPS) is 12.8. The van der Waals surface area contributed by atoms with Gasteiger partial charge in [-0.05, 0) is 24.6 Å². The third-order valence-corrected chi connectivity index (χ3v) is 5.86. The van der Waals surface area contributed by atoms with Crippen LogP contribution in [0.4, 0.5) is 0 Å². The molecule has 7 nitrogen and oxygen atoms in total. The van der Waals surface area contributed by atoms with Crippen molar-refractivity contribution in [2.24, 2.45) is 0 Å². The van der Waals surface area contributed by atoms with E-state index in [2.05, 4.69) is 5.32 Å². The highest BCUT2D eigenvalue weighted by Crippen LogP contribution is 2.47. The van der Waals surface area contributed by atoms with E-state index in [1.165, 1.54) is 0 Å². The Morgan fingerprint density at radius 2 is 1.78 bits per heavy atom. The molecule has 0 saturated carbocycles. The van der Waals surface area contributed by atoms with Gasteiger partial charge >= 0.3 is 16.7 Å². The van der Waals surface area contributed by atoms with Gasteiger partial charge in [0.15, 0.2) is 0 Å². The van der Waals surface area contributed by atoms with Crippen LogP contribution in [0.3, 0.4) is 0 Å². The Bertz CT molecular complexity index is 351. The zero-order valence-corrected chi connectivity index (χ0v) is 13.0. The lowest BCUT2D eigenvalue weighted by molar-refractivity contribution is 0.220. The maximum absolute atomic E-state index is 12.0. The van der Waals surface area contributed by atoms with Crippen molar-refractivity contribution in [3.05, 3.63) is 0 Å². The second-order valence-electron chi connectivity index (χ2n) is 3.17. The van der Waals surface area contributed by atoms with E-state index in [-0.39, 0.29) is 11.9 Å². The summed E-state index contributed by atoms with van der Waals surface area (Å²) < 4.78 is 51.4. The molecule has 0 rings (SSSR count). The molecule has 0 aromatic carbocycles. The average molecular weight is 321 g/mol. The first-order valence-corrected chi connectivity index (χ1v) is 10.2. The molecule has 0 unspecified atom stereocenters. The minimum absolute atomic E-state index is 0.215. The van der Waals surface area contributed by atoms with Crippen molar-refractivity contribution in [3.63, 3.8) is 0 Å². The molecule has 10 heteroatoms. The lowest BCUT2D eigenvalue weighted by Crippen LogP contribution is -2.22.